The predicted molar refractivity (Wildman–Crippen MR) is 108 cm³/mol. The number of carbonyl (C=O) groups excluding carboxylic acids is 2. The number of hydrogen-bond acceptors (Lipinski definition) is 4. The van der Waals surface area contributed by atoms with E-state index in [2.05, 4.69) is 10.4 Å². The molecule has 1 aliphatic rings. The second-order valence-electron chi connectivity index (χ2n) is 6.95. The molecule has 2 amide bonds. The molecule has 1 aliphatic heterocycles. The van der Waals surface area contributed by atoms with Gasteiger partial charge < -0.3 is 10.1 Å². The number of carbonyl (C=O) groups is 2. The maximum Gasteiger partial charge on any atom is 0.267 e. The number of rotatable bonds is 7. The van der Waals surface area contributed by atoms with Crippen LogP contribution in [0.2, 0.25) is 0 Å². The molecule has 0 bridgehead atoms. The first-order chi connectivity index (χ1) is 14.0. The van der Waals surface area contributed by atoms with Crippen LogP contribution in [0, 0.1) is 12.7 Å². The Kier molecular flexibility index (Phi) is 6.59. The van der Waals surface area contributed by atoms with Gasteiger partial charge in [0.25, 0.3) is 5.91 Å². The van der Waals surface area contributed by atoms with Gasteiger partial charge in [0.05, 0.1) is 13.7 Å². The van der Waals surface area contributed by atoms with E-state index in [1.807, 2.05) is 25.1 Å². The molecule has 6 nitrogen and oxygen atoms in total. The minimum atomic E-state index is -0.340. The maximum absolute atomic E-state index is 13.1. The van der Waals surface area contributed by atoms with Crippen LogP contribution in [0.1, 0.15) is 29.5 Å². The number of nitrogens with one attached hydrogen (secondary N) is 1. The highest BCUT2D eigenvalue weighted by Crippen LogP contribution is 2.20. The van der Waals surface area contributed by atoms with Crippen molar-refractivity contribution in [2.24, 2.45) is 5.10 Å². The van der Waals surface area contributed by atoms with E-state index in [0.717, 1.165) is 22.4 Å². The molecule has 0 spiro atoms. The molecule has 1 heterocycles. The van der Waals surface area contributed by atoms with Gasteiger partial charge in [-0.05, 0) is 42.7 Å². The molecule has 2 aromatic carbocycles. The molecule has 7 heteroatoms. The van der Waals surface area contributed by atoms with Crippen LogP contribution in [0.5, 0.6) is 5.75 Å². The number of methoxy groups -OCH3 is 1. The van der Waals surface area contributed by atoms with Crippen LogP contribution in [-0.4, -0.2) is 36.2 Å². The highest BCUT2D eigenvalue weighted by atomic mass is 19.1. The van der Waals surface area contributed by atoms with E-state index >= 15 is 0 Å². The third-order valence-corrected chi connectivity index (χ3v) is 4.73. The molecule has 0 radical (unpaired) electrons. The zero-order chi connectivity index (χ0) is 20.8. The molecule has 0 saturated heterocycles. The van der Waals surface area contributed by atoms with Crippen molar-refractivity contribution in [2.75, 3.05) is 13.7 Å². The monoisotopic (exact) mass is 397 g/mol. The van der Waals surface area contributed by atoms with E-state index in [4.69, 9.17) is 4.74 Å². The lowest BCUT2D eigenvalue weighted by molar-refractivity contribution is -0.132. The van der Waals surface area contributed by atoms with Gasteiger partial charge in [-0.15, -0.1) is 0 Å². The lowest BCUT2D eigenvalue weighted by Crippen LogP contribution is -2.39. The number of hydrazone groups is 1. The van der Waals surface area contributed by atoms with Crippen molar-refractivity contribution in [1.29, 1.82) is 0 Å². The minimum Gasteiger partial charge on any atom is -0.496 e. The zero-order valence-electron chi connectivity index (χ0n) is 16.6. The number of nitrogens with zero attached hydrogens (tertiary/aromatic N) is 2. The Morgan fingerprint density at radius 3 is 2.69 bits per heavy atom. The molecule has 0 aliphatic carbocycles. The summed E-state index contributed by atoms with van der Waals surface area (Å²) < 4.78 is 18.4. The molecule has 0 fully saturated rings. The van der Waals surface area contributed by atoms with E-state index in [1.165, 1.54) is 17.1 Å². The summed E-state index contributed by atoms with van der Waals surface area (Å²) in [5.74, 6) is 0.00653. The Morgan fingerprint density at radius 1 is 1.21 bits per heavy atom. The lowest BCUT2D eigenvalue weighted by Gasteiger charge is -2.23. The van der Waals surface area contributed by atoms with Crippen LogP contribution in [0.15, 0.2) is 47.6 Å². The molecular weight excluding hydrogens is 373 g/mol. The second-order valence-corrected chi connectivity index (χ2v) is 6.95. The van der Waals surface area contributed by atoms with Gasteiger partial charge in [-0.3, -0.25) is 9.59 Å². The average Bonchev–Trinajstić information content (AvgIpc) is 2.71. The fourth-order valence-corrected chi connectivity index (χ4v) is 3.17. The van der Waals surface area contributed by atoms with Crippen molar-refractivity contribution in [1.82, 2.24) is 10.3 Å². The molecule has 0 saturated carbocycles. The van der Waals surface area contributed by atoms with Gasteiger partial charge in [-0.1, -0.05) is 29.8 Å². The lowest BCUT2D eigenvalue weighted by atomic mass is 10.1. The van der Waals surface area contributed by atoms with Crippen LogP contribution in [0.4, 0.5) is 4.39 Å². The van der Waals surface area contributed by atoms with Crippen LogP contribution in [0.3, 0.4) is 0 Å². The van der Waals surface area contributed by atoms with Crippen molar-refractivity contribution in [3.63, 3.8) is 0 Å². The Morgan fingerprint density at radius 2 is 1.97 bits per heavy atom. The normalized spacial score (nSPS) is 13.8. The van der Waals surface area contributed by atoms with Crippen molar-refractivity contribution >= 4 is 17.5 Å². The molecule has 2 aromatic rings. The summed E-state index contributed by atoms with van der Waals surface area (Å²) in [5, 5.41) is 8.36. The number of aryl methyl sites for hydroxylation is 1. The molecule has 0 aromatic heterocycles. The summed E-state index contributed by atoms with van der Waals surface area (Å²) in [6.45, 7) is 2.64. The first-order valence-corrected chi connectivity index (χ1v) is 9.50. The van der Waals surface area contributed by atoms with Gasteiger partial charge >= 0.3 is 0 Å². The molecule has 152 valence electrons. The average molecular weight is 397 g/mol. The van der Waals surface area contributed by atoms with Crippen LogP contribution in [-0.2, 0) is 22.6 Å². The zero-order valence-corrected chi connectivity index (χ0v) is 16.6. The second kappa shape index (κ2) is 9.32. The summed E-state index contributed by atoms with van der Waals surface area (Å²) in [4.78, 5) is 24.6. The Balaban J connectivity index is 1.60. The van der Waals surface area contributed by atoms with Gasteiger partial charge in [0.1, 0.15) is 17.3 Å². The van der Waals surface area contributed by atoms with Gasteiger partial charge in [0.2, 0.25) is 5.91 Å². The van der Waals surface area contributed by atoms with Crippen molar-refractivity contribution in [3.05, 3.63) is 65.0 Å². The van der Waals surface area contributed by atoms with Gasteiger partial charge in [-0.2, -0.15) is 5.10 Å². The number of amides is 2. The quantitative estimate of drug-likeness (QED) is 0.781. The van der Waals surface area contributed by atoms with Crippen molar-refractivity contribution in [2.45, 2.75) is 32.7 Å². The summed E-state index contributed by atoms with van der Waals surface area (Å²) in [5.41, 5.74) is 3.21. The van der Waals surface area contributed by atoms with E-state index in [9.17, 15) is 14.0 Å². The third kappa shape index (κ3) is 5.40. The number of halogens is 1. The maximum atomic E-state index is 13.1. The Hall–Kier alpha value is -3.22. The molecular formula is C22H24FN3O3. The number of ether oxygens (including phenoxy) is 1. The first kappa shape index (κ1) is 20.5. The number of hydrogen-bond donors (Lipinski definition) is 1. The molecule has 0 unspecified atom stereocenters. The van der Waals surface area contributed by atoms with Crippen LogP contribution in [0.25, 0.3) is 0 Å². The van der Waals surface area contributed by atoms with Gasteiger partial charge in [0.15, 0.2) is 0 Å². The van der Waals surface area contributed by atoms with Gasteiger partial charge in [-0.25, -0.2) is 9.40 Å². The van der Waals surface area contributed by atoms with Crippen LogP contribution < -0.4 is 10.1 Å². The molecule has 1 N–H and O–H groups in total. The Labute approximate surface area is 169 Å². The first-order valence-electron chi connectivity index (χ1n) is 9.50. The van der Waals surface area contributed by atoms with E-state index in [1.54, 1.807) is 19.2 Å². The number of benzene rings is 2. The minimum absolute atomic E-state index is 0.157. The highest BCUT2D eigenvalue weighted by Gasteiger charge is 2.24. The molecule has 0 atom stereocenters. The molecule has 3 rings (SSSR count). The van der Waals surface area contributed by atoms with E-state index < -0.39 is 0 Å². The third-order valence-electron chi connectivity index (χ3n) is 4.73. The fourth-order valence-electron chi connectivity index (χ4n) is 3.17. The molecule has 29 heavy (non-hydrogen) atoms. The SMILES string of the molecule is COc1ccc(C)cc1CCNC(=O)C1=NN(Cc2ccc(F)cc2)C(=O)CC1. The highest BCUT2D eigenvalue weighted by molar-refractivity contribution is 6.39. The van der Waals surface area contributed by atoms with Crippen LogP contribution >= 0.6 is 0 Å². The largest absolute Gasteiger partial charge is 0.496 e. The van der Waals surface area contributed by atoms with Crippen molar-refractivity contribution < 1.29 is 18.7 Å². The fraction of sp³-hybridized carbons (Fsp3) is 0.318. The standard InChI is InChI=1S/C22H24FN3O3/c1-15-3-9-20(29-2)17(13-15)11-12-24-22(28)19-8-10-21(27)26(25-19)14-16-4-6-18(23)7-5-16/h3-7,9,13H,8,10-12,14H2,1-2H3,(H,24,28). The van der Waals surface area contributed by atoms with Gasteiger partial charge in [0, 0.05) is 19.4 Å². The summed E-state index contributed by atoms with van der Waals surface area (Å²) in [6, 6.07) is 11.8. The smallest absolute Gasteiger partial charge is 0.267 e. The summed E-state index contributed by atoms with van der Waals surface area (Å²) in [7, 11) is 1.62. The van der Waals surface area contributed by atoms with Crippen molar-refractivity contribution in [3.8, 4) is 5.75 Å². The summed E-state index contributed by atoms with van der Waals surface area (Å²) >= 11 is 0. The van der Waals surface area contributed by atoms with E-state index in [0.29, 0.717) is 25.1 Å². The van der Waals surface area contributed by atoms with E-state index in [-0.39, 0.29) is 30.6 Å². The topological polar surface area (TPSA) is 71.0 Å². The summed E-state index contributed by atoms with van der Waals surface area (Å²) in [6.07, 6.45) is 1.15. The Bertz CT molecular complexity index is 925. The predicted octanol–water partition coefficient (Wildman–Crippen LogP) is 2.98.